The zero-order chi connectivity index (χ0) is 16.9. The van der Waals surface area contributed by atoms with Crippen molar-refractivity contribution in [1.82, 2.24) is 4.90 Å². The van der Waals surface area contributed by atoms with E-state index in [-0.39, 0.29) is 11.8 Å². The van der Waals surface area contributed by atoms with Crippen molar-refractivity contribution in [3.05, 3.63) is 51.7 Å². The number of benzene rings is 1. The van der Waals surface area contributed by atoms with E-state index in [1.165, 1.54) is 16.2 Å². The van der Waals surface area contributed by atoms with Crippen LogP contribution in [0.3, 0.4) is 0 Å². The van der Waals surface area contributed by atoms with Crippen LogP contribution in [-0.2, 0) is 4.79 Å². The Bertz CT molecular complexity index is 712. The number of piperazine rings is 1. The Kier molecular flexibility index (Phi) is 5.50. The smallest absolute Gasteiger partial charge is 0.279 e. The highest BCUT2D eigenvalue weighted by Crippen LogP contribution is 2.19. The van der Waals surface area contributed by atoms with Crippen LogP contribution in [-0.4, -0.2) is 49.4 Å². The lowest BCUT2D eigenvalue weighted by atomic mass is 10.2. The fourth-order valence-electron chi connectivity index (χ4n) is 2.74. The molecule has 2 N–H and O–H groups in total. The summed E-state index contributed by atoms with van der Waals surface area (Å²) in [6, 6.07) is 10.9. The monoisotopic (exact) mass is 364 g/mol. The van der Waals surface area contributed by atoms with Crippen molar-refractivity contribution in [3.8, 4) is 0 Å². The number of para-hydroxylation sites is 1. The van der Waals surface area contributed by atoms with Gasteiger partial charge in [0.1, 0.15) is 0 Å². The van der Waals surface area contributed by atoms with Crippen molar-refractivity contribution < 1.29 is 14.5 Å². The molecule has 0 aliphatic carbocycles. The Balaban J connectivity index is 1.48. The summed E-state index contributed by atoms with van der Waals surface area (Å²) in [4.78, 5) is 28.3. The van der Waals surface area contributed by atoms with Gasteiger partial charge in [-0.25, -0.2) is 0 Å². The van der Waals surface area contributed by atoms with Gasteiger partial charge in [0.05, 0.1) is 41.8 Å². The molecule has 1 aromatic heterocycles. The van der Waals surface area contributed by atoms with E-state index in [0.717, 1.165) is 18.0 Å². The Morgan fingerprint density at radius 3 is 2.58 bits per heavy atom. The number of anilines is 1. The first-order valence-corrected chi connectivity index (χ1v) is 9.10. The first-order chi connectivity index (χ1) is 11.6. The number of quaternary nitrogens is 1. The van der Waals surface area contributed by atoms with Crippen LogP contribution >= 0.6 is 22.9 Å². The fraction of sp³-hybridized carbons (Fsp3) is 0.294. The number of hydrogen-bond donors (Lipinski definition) is 2. The second kappa shape index (κ2) is 7.79. The topological polar surface area (TPSA) is 53.9 Å². The standard InChI is InChI=1S/C17H18ClN3O2S/c18-13-4-1-2-5-14(13)19-16(22)12-20-7-9-21(10-8-20)17(23)15-6-3-11-24-15/h1-6,11H,7-10,12H2,(H,19,22)/p+1. The molecule has 1 fully saturated rings. The molecule has 2 aromatic rings. The molecule has 0 unspecified atom stereocenters. The van der Waals surface area contributed by atoms with E-state index in [2.05, 4.69) is 5.32 Å². The van der Waals surface area contributed by atoms with Crippen molar-refractivity contribution in [2.45, 2.75) is 0 Å². The lowest BCUT2D eigenvalue weighted by molar-refractivity contribution is -0.895. The van der Waals surface area contributed by atoms with Crippen molar-refractivity contribution in [2.24, 2.45) is 0 Å². The lowest BCUT2D eigenvalue weighted by Crippen LogP contribution is -3.15. The zero-order valence-electron chi connectivity index (χ0n) is 13.1. The Morgan fingerprint density at radius 2 is 1.92 bits per heavy atom. The molecule has 5 nitrogen and oxygen atoms in total. The van der Waals surface area contributed by atoms with Crippen LogP contribution in [0.1, 0.15) is 9.67 Å². The molecule has 0 bridgehead atoms. The first-order valence-electron chi connectivity index (χ1n) is 7.84. The molecule has 1 aliphatic rings. The largest absolute Gasteiger partial charge is 0.327 e. The van der Waals surface area contributed by atoms with Crippen LogP contribution < -0.4 is 10.2 Å². The summed E-state index contributed by atoms with van der Waals surface area (Å²) in [5.41, 5.74) is 0.634. The summed E-state index contributed by atoms with van der Waals surface area (Å²) in [6.07, 6.45) is 0. The average molecular weight is 365 g/mol. The molecule has 2 amide bonds. The van der Waals surface area contributed by atoms with Gasteiger partial charge in [-0.3, -0.25) is 9.59 Å². The highest BCUT2D eigenvalue weighted by atomic mass is 35.5. The van der Waals surface area contributed by atoms with E-state index in [0.29, 0.717) is 30.3 Å². The van der Waals surface area contributed by atoms with Gasteiger partial charge in [-0.2, -0.15) is 0 Å². The highest BCUT2D eigenvalue weighted by molar-refractivity contribution is 7.12. The van der Waals surface area contributed by atoms with Crippen molar-refractivity contribution >= 4 is 40.4 Å². The van der Waals surface area contributed by atoms with Gasteiger partial charge in [0.15, 0.2) is 6.54 Å². The van der Waals surface area contributed by atoms with Crippen molar-refractivity contribution in [2.75, 3.05) is 38.0 Å². The fourth-order valence-corrected chi connectivity index (χ4v) is 3.62. The maximum Gasteiger partial charge on any atom is 0.279 e. The molecule has 3 rings (SSSR count). The van der Waals surface area contributed by atoms with Crippen LogP contribution in [0.15, 0.2) is 41.8 Å². The minimum atomic E-state index is -0.0591. The molecule has 24 heavy (non-hydrogen) atoms. The van der Waals surface area contributed by atoms with E-state index in [1.807, 2.05) is 34.5 Å². The van der Waals surface area contributed by atoms with E-state index >= 15 is 0 Å². The maximum atomic E-state index is 12.3. The molecular weight excluding hydrogens is 346 g/mol. The minimum absolute atomic E-state index is 0.0591. The van der Waals surface area contributed by atoms with Gasteiger partial charge in [-0.1, -0.05) is 29.8 Å². The van der Waals surface area contributed by atoms with Crippen LogP contribution in [0.5, 0.6) is 0 Å². The van der Waals surface area contributed by atoms with Crippen molar-refractivity contribution in [3.63, 3.8) is 0 Å². The normalized spacial score (nSPS) is 15.3. The molecule has 0 radical (unpaired) electrons. The summed E-state index contributed by atoms with van der Waals surface area (Å²) in [5.74, 6) is 0.0284. The van der Waals surface area contributed by atoms with Crippen LogP contribution in [0.2, 0.25) is 5.02 Å². The van der Waals surface area contributed by atoms with Crippen LogP contribution in [0.4, 0.5) is 5.69 Å². The van der Waals surface area contributed by atoms with E-state index in [1.54, 1.807) is 12.1 Å². The predicted octanol–water partition coefficient (Wildman–Crippen LogP) is 1.38. The second-order valence-corrected chi connectivity index (χ2v) is 7.08. The number of hydrogen-bond acceptors (Lipinski definition) is 3. The molecule has 0 saturated carbocycles. The molecule has 1 aromatic carbocycles. The Hall–Kier alpha value is -1.89. The van der Waals surface area contributed by atoms with Crippen LogP contribution in [0.25, 0.3) is 0 Å². The quantitative estimate of drug-likeness (QED) is 0.861. The van der Waals surface area contributed by atoms with E-state index in [4.69, 9.17) is 11.6 Å². The third-order valence-electron chi connectivity index (χ3n) is 4.05. The highest BCUT2D eigenvalue weighted by Gasteiger charge is 2.26. The van der Waals surface area contributed by atoms with E-state index in [9.17, 15) is 9.59 Å². The third kappa shape index (κ3) is 4.14. The molecular formula is C17H19ClN3O2S+. The van der Waals surface area contributed by atoms with Gasteiger partial charge in [0.25, 0.3) is 11.8 Å². The molecule has 0 spiro atoms. The van der Waals surface area contributed by atoms with Crippen LogP contribution in [0, 0.1) is 0 Å². The van der Waals surface area contributed by atoms with Gasteiger partial charge in [-0.15, -0.1) is 11.3 Å². The molecule has 126 valence electrons. The molecule has 2 heterocycles. The molecule has 1 aliphatic heterocycles. The summed E-state index contributed by atoms with van der Waals surface area (Å²) >= 11 is 7.51. The number of rotatable bonds is 4. The maximum absolute atomic E-state index is 12.3. The molecule has 1 saturated heterocycles. The zero-order valence-corrected chi connectivity index (χ0v) is 14.7. The number of nitrogens with zero attached hydrogens (tertiary/aromatic N) is 1. The van der Waals surface area contributed by atoms with Gasteiger partial charge in [0.2, 0.25) is 0 Å². The number of thiophene rings is 1. The molecule has 0 atom stereocenters. The lowest BCUT2D eigenvalue weighted by Gasteiger charge is -2.31. The predicted molar refractivity (Wildman–Crippen MR) is 95.9 cm³/mol. The molecule has 7 heteroatoms. The van der Waals surface area contributed by atoms with Gasteiger partial charge in [-0.05, 0) is 23.6 Å². The Morgan fingerprint density at radius 1 is 1.17 bits per heavy atom. The number of halogens is 1. The second-order valence-electron chi connectivity index (χ2n) is 5.72. The first kappa shape index (κ1) is 17.0. The summed E-state index contributed by atoms with van der Waals surface area (Å²) in [5, 5.41) is 5.29. The summed E-state index contributed by atoms with van der Waals surface area (Å²) in [6.45, 7) is 3.27. The number of carbonyl (C=O) groups excluding carboxylic acids is 2. The third-order valence-corrected chi connectivity index (χ3v) is 5.24. The average Bonchev–Trinajstić information content (AvgIpc) is 3.11. The summed E-state index contributed by atoms with van der Waals surface area (Å²) in [7, 11) is 0. The minimum Gasteiger partial charge on any atom is -0.327 e. The summed E-state index contributed by atoms with van der Waals surface area (Å²) < 4.78 is 0. The number of amides is 2. The Labute approximate surface area is 149 Å². The number of nitrogens with one attached hydrogen (secondary N) is 2. The SMILES string of the molecule is O=C(C[NH+]1CCN(C(=O)c2cccs2)CC1)Nc1ccccc1Cl. The van der Waals surface area contributed by atoms with Gasteiger partial charge >= 0.3 is 0 Å². The van der Waals surface area contributed by atoms with Crippen molar-refractivity contribution in [1.29, 1.82) is 0 Å². The van der Waals surface area contributed by atoms with E-state index < -0.39 is 0 Å². The van der Waals surface area contributed by atoms with Gasteiger partial charge < -0.3 is 15.1 Å². The number of carbonyl (C=O) groups is 2. The van der Waals surface area contributed by atoms with Gasteiger partial charge in [0, 0.05) is 0 Å².